The Labute approximate surface area is 117 Å². The maximum absolute atomic E-state index is 13.0. The van der Waals surface area contributed by atoms with Crippen molar-refractivity contribution in [2.45, 2.75) is 12.8 Å². The number of rotatable bonds is 5. The van der Waals surface area contributed by atoms with Gasteiger partial charge >= 0.3 is 0 Å². The van der Waals surface area contributed by atoms with Gasteiger partial charge in [-0.2, -0.15) is 0 Å². The predicted octanol–water partition coefficient (Wildman–Crippen LogP) is 2.51. The summed E-state index contributed by atoms with van der Waals surface area (Å²) in [7, 11) is 0. The van der Waals surface area contributed by atoms with Gasteiger partial charge in [0.05, 0.1) is 6.42 Å². The number of carbonyl (C=O) groups is 1. The van der Waals surface area contributed by atoms with E-state index in [4.69, 9.17) is 5.73 Å². The summed E-state index contributed by atoms with van der Waals surface area (Å²) in [6, 6.07) is 13.6. The quantitative estimate of drug-likeness (QED) is 0.878. The summed E-state index contributed by atoms with van der Waals surface area (Å²) < 4.78 is 13.0. The second-order valence-electron chi connectivity index (χ2n) is 4.59. The van der Waals surface area contributed by atoms with E-state index < -0.39 is 0 Å². The van der Waals surface area contributed by atoms with Crippen molar-refractivity contribution in [1.29, 1.82) is 0 Å². The van der Waals surface area contributed by atoms with Crippen LogP contribution in [0.2, 0.25) is 0 Å². The monoisotopic (exact) mass is 272 g/mol. The van der Waals surface area contributed by atoms with Gasteiger partial charge in [0.2, 0.25) is 5.91 Å². The van der Waals surface area contributed by atoms with Crippen molar-refractivity contribution in [2.24, 2.45) is 5.73 Å². The molecule has 0 atom stereocenters. The van der Waals surface area contributed by atoms with E-state index in [0.717, 1.165) is 17.7 Å². The molecule has 0 bridgehead atoms. The number of carbonyl (C=O) groups excluding carboxylic acids is 1. The molecule has 0 radical (unpaired) electrons. The Morgan fingerprint density at radius 1 is 1.10 bits per heavy atom. The lowest BCUT2D eigenvalue weighted by Gasteiger charge is -2.06. The average molecular weight is 272 g/mol. The van der Waals surface area contributed by atoms with Crippen LogP contribution in [0.5, 0.6) is 0 Å². The molecule has 0 aromatic heterocycles. The van der Waals surface area contributed by atoms with Gasteiger partial charge in [0.25, 0.3) is 0 Å². The fourth-order valence-corrected chi connectivity index (χ4v) is 1.96. The number of amides is 1. The smallest absolute Gasteiger partial charge is 0.228 e. The number of halogens is 1. The van der Waals surface area contributed by atoms with E-state index in [1.807, 2.05) is 24.3 Å². The van der Waals surface area contributed by atoms with Crippen molar-refractivity contribution in [3.63, 3.8) is 0 Å². The second-order valence-corrected chi connectivity index (χ2v) is 4.59. The number of benzene rings is 2. The molecule has 0 spiro atoms. The molecule has 2 aromatic carbocycles. The molecule has 3 nitrogen and oxygen atoms in total. The Balaban J connectivity index is 1.94. The number of hydrogen-bond acceptors (Lipinski definition) is 2. The summed E-state index contributed by atoms with van der Waals surface area (Å²) in [5.74, 6) is -0.497. The van der Waals surface area contributed by atoms with Crippen LogP contribution in [0.3, 0.4) is 0 Å². The molecule has 1 amide bonds. The van der Waals surface area contributed by atoms with Gasteiger partial charge in [0.1, 0.15) is 5.82 Å². The van der Waals surface area contributed by atoms with E-state index >= 15 is 0 Å². The number of anilines is 1. The third-order valence-corrected chi connectivity index (χ3v) is 2.92. The second kappa shape index (κ2) is 6.82. The molecule has 0 aliphatic heterocycles. The van der Waals surface area contributed by atoms with Gasteiger partial charge in [-0.3, -0.25) is 4.79 Å². The lowest BCUT2D eigenvalue weighted by molar-refractivity contribution is -0.115. The van der Waals surface area contributed by atoms with Crippen LogP contribution in [0.1, 0.15) is 11.1 Å². The van der Waals surface area contributed by atoms with E-state index in [0.29, 0.717) is 12.1 Å². The van der Waals surface area contributed by atoms with Gasteiger partial charge in [0, 0.05) is 5.69 Å². The molecule has 0 saturated heterocycles. The zero-order valence-corrected chi connectivity index (χ0v) is 11.1. The van der Waals surface area contributed by atoms with Crippen molar-refractivity contribution in [2.75, 3.05) is 11.9 Å². The molecule has 0 unspecified atom stereocenters. The largest absolute Gasteiger partial charge is 0.330 e. The van der Waals surface area contributed by atoms with E-state index in [-0.39, 0.29) is 18.1 Å². The van der Waals surface area contributed by atoms with Gasteiger partial charge in [-0.05, 0) is 48.4 Å². The summed E-state index contributed by atoms with van der Waals surface area (Å²) in [5.41, 5.74) is 8.00. The van der Waals surface area contributed by atoms with Crippen molar-refractivity contribution in [3.05, 3.63) is 65.5 Å². The maximum Gasteiger partial charge on any atom is 0.228 e. The van der Waals surface area contributed by atoms with Crippen LogP contribution in [0.4, 0.5) is 10.1 Å². The van der Waals surface area contributed by atoms with Crippen LogP contribution in [0.25, 0.3) is 0 Å². The van der Waals surface area contributed by atoms with Crippen molar-refractivity contribution >= 4 is 11.6 Å². The normalized spacial score (nSPS) is 10.3. The molecule has 3 N–H and O–H groups in total. The van der Waals surface area contributed by atoms with Crippen molar-refractivity contribution in [3.8, 4) is 0 Å². The topological polar surface area (TPSA) is 55.1 Å². The summed E-state index contributed by atoms with van der Waals surface area (Å²) in [5, 5.41) is 2.79. The number of nitrogens with two attached hydrogens (primary N) is 1. The van der Waals surface area contributed by atoms with Crippen LogP contribution in [0, 0.1) is 5.82 Å². The fourth-order valence-electron chi connectivity index (χ4n) is 1.96. The van der Waals surface area contributed by atoms with E-state index in [1.54, 1.807) is 12.1 Å². The molecule has 104 valence electrons. The first kappa shape index (κ1) is 14.2. The zero-order valence-electron chi connectivity index (χ0n) is 11.1. The molecule has 4 heteroatoms. The standard InChI is InChI=1S/C16H17FN2O/c17-14-3-1-2-13(10-14)11-16(20)19-15-6-4-12(5-7-15)8-9-18/h1-7,10H,8-9,11,18H2,(H,19,20). The van der Waals surface area contributed by atoms with Gasteiger partial charge in [0.15, 0.2) is 0 Å². The Kier molecular flexibility index (Phi) is 4.85. The molecule has 0 heterocycles. The van der Waals surface area contributed by atoms with Crippen molar-refractivity contribution in [1.82, 2.24) is 0 Å². The molecule has 2 aromatic rings. The van der Waals surface area contributed by atoms with Gasteiger partial charge in [-0.25, -0.2) is 4.39 Å². The highest BCUT2D eigenvalue weighted by Crippen LogP contribution is 2.11. The summed E-state index contributed by atoms with van der Waals surface area (Å²) in [4.78, 5) is 11.9. The highest BCUT2D eigenvalue weighted by atomic mass is 19.1. The maximum atomic E-state index is 13.0. The van der Waals surface area contributed by atoms with Crippen LogP contribution in [0.15, 0.2) is 48.5 Å². The first-order chi connectivity index (χ1) is 9.67. The SMILES string of the molecule is NCCc1ccc(NC(=O)Cc2cccc(F)c2)cc1. The Hall–Kier alpha value is -2.20. The number of nitrogens with one attached hydrogen (secondary N) is 1. The Morgan fingerprint density at radius 3 is 2.50 bits per heavy atom. The molecule has 0 aliphatic carbocycles. The number of hydrogen-bond donors (Lipinski definition) is 2. The first-order valence-electron chi connectivity index (χ1n) is 6.50. The fraction of sp³-hybridized carbons (Fsp3) is 0.188. The van der Waals surface area contributed by atoms with E-state index in [9.17, 15) is 9.18 Å². The van der Waals surface area contributed by atoms with E-state index in [1.165, 1.54) is 12.1 Å². The van der Waals surface area contributed by atoms with Crippen LogP contribution in [-0.2, 0) is 17.6 Å². The molecule has 0 aliphatic rings. The Bertz CT molecular complexity index is 581. The van der Waals surface area contributed by atoms with Gasteiger partial charge < -0.3 is 11.1 Å². The van der Waals surface area contributed by atoms with Crippen LogP contribution in [-0.4, -0.2) is 12.5 Å². The highest BCUT2D eigenvalue weighted by Gasteiger charge is 2.05. The summed E-state index contributed by atoms with van der Waals surface area (Å²) >= 11 is 0. The highest BCUT2D eigenvalue weighted by molar-refractivity contribution is 5.92. The molecule has 2 rings (SSSR count). The Morgan fingerprint density at radius 2 is 1.85 bits per heavy atom. The third kappa shape index (κ3) is 4.17. The minimum atomic E-state index is -0.332. The minimum absolute atomic E-state index is 0.155. The molecule has 0 saturated carbocycles. The average Bonchev–Trinajstić information content (AvgIpc) is 2.41. The minimum Gasteiger partial charge on any atom is -0.330 e. The zero-order chi connectivity index (χ0) is 14.4. The summed E-state index contributed by atoms with van der Waals surface area (Å²) in [6.07, 6.45) is 0.972. The summed E-state index contributed by atoms with van der Waals surface area (Å²) in [6.45, 7) is 0.602. The lowest BCUT2D eigenvalue weighted by Crippen LogP contribution is -2.14. The lowest BCUT2D eigenvalue weighted by atomic mass is 10.1. The predicted molar refractivity (Wildman–Crippen MR) is 77.9 cm³/mol. The van der Waals surface area contributed by atoms with E-state index in [2.05, 4.69) is 5.32 Å². The molecule has 20 heavy (non-hydrogen) atoms. The molecular formula is C16H17FN2O. The third-order valence-electron chi connectivity index (χ3n) is 2.92. The van der Waals surface area contributed by atoms with Crippen molar-refractivity contribution < 1.29 is 9.18 Å². The molecule has 0 fully saturated rings. The van der Waals surface area contributed by atoms with Crippen LogP contribution < -0.4 is 11.1 Å². The van der Waals surface area contributed by atoms with Crippen LogP contribution >= 0.6 is 0 Å². The van der Waals surface area contributed by atoms with Gasteiger partial charge in [-0.15, -0.1) is 0 Å². The van der Waals surface area contributed by atoms with Gasteiger partial charge in [-0.1, -0.05) is 24.3 Å². The first-order valence-corrected chi connectivity index (χ1v) is 6.50. The molecular weight excluding hydrogens is 255 g/mol.